The van der Waals surface area contributed by atoms with Crippen molar-refractivity contribution in [3.05, 3.63) is 136 Å². The quantitative estimate of drug-likeness (QED) is 0.149. The van der Waals surface area contributed by atoms with Crippen molar-refractivity contribution >= 4 is 33.7 Å². The monoisotopic (exact) mass is 968 g/mol. The van der Waals surface area contributed by atoms with E-state index in [1.54, 1.807) is 16.3 Å². The molecule has 10 heteroatoms. The summed E-state index contributed by atoms with van der Waals surface area (Å²) in [4.78, 5) is 34.5. The molecule has 0 saturated heterocycles. The lowest BCUT2D eigenvalue weighted by molar-refractivity contribution is 0.0976. The number of anilines is 1. The number of pyridine rings is 2. The number of hydrogen-bond donors (Lipinski definition) is 0. The Balaban J connectivity index is 0.000000199. The molecule has 10 nitrogen and oxygen atoms in total. The van der Waals surface area contributed by atoms with Crippen LogP contribution in [0.2, 0.25) is 0 Å². The fraction of sp³-hybridized carbons (Fsp3) is 0.541. The molecule has 10 rings (SSSR count). The summed E-state index contributed by atoms with van der Waals surface area (Å²) in [5.41, 5.74) is 11.4. The summed E-state index contributed by atoms with van der Waals surface area (Å²) in [5, 5.41) is 2.60. The fourth-order valence-electron chi connectivity index (χ4n) is 9.52. The topological polar surface area (TPSA) is 78.6 Å². The minimum absolute atomic E-state index is 0.0635. The number of fused-ring (bicyclic) bond motifs is 7. The minimum Gasteiger partial charge on any atom is -0.362 e. The number of benzene rings is 2. The molecule has 0 radical (unpaired) electrons. The maximum atomic E-state index is 11.5. The third-order valence-electron chi connectivity index (χ3n) is 13.1. The van der Waals surface area contributed by atoms with Crippen molar-refractivity contribution in [3.63, 3.8) is 0 Å². The van der Waals surface area contributed by atoms with Crippen LogP contribution in [0.3, 0.4) is 0 Å². The SMILES string of the molecule is CC.CC.CC.CC(C)(C)N1CC=Cc2ccccc21.CC(C)(C)N1CCc2nc3ncccc3cc2C1.CC(C)(C)N1CCn2c(nccc2=O)C1.CN1CCc2c(n(C(C)(C)C)c3ccccc23)C1. The van der Waals surface area contributed by atoms with Gasteiger partial charge in [0.2, 0.25) is 0 Å². The summed E-state index contributed by atoms with van der Waals surface area (Å²) in [6.45, 7) is 46.8. The largest absolute Gasteiger partial charge is 0.362 e. The zero-order valence-corrected chi connectivity index (χ0v) is 47.7. The van der Waals surface area contributed by atoms with Gasteiger partial charge in [-0.25, -0.2) is 15.0 Å². The minimum atomic E-state index is 0.0635. The van der Waals surface area contributed by atoms with E-state index in [2.05, 4.69) is 197 Å². The normalized spacial score (nSPS) is 15.6. The molecule has 0 amide bonds. The van der Waals surface area contributed by atoms with Gasteiger partial charge in [-0.1, -0.05) is 90.1 Å². The molecular weight excluding hydrogens is 875 g/mol. The van der Waals surface area contributed by atoms with Gasteiger partial charge in [-0.3, -0.25) is 19.2 Å². The maximum absolute atomic E-state index is 11.5. The number of para-hydroxylation sites is 2. The maximum Gasteiger partial charge on any atom is 0.253 e. The van der Waals surface area contributed by atoms with Crippen LogP contribution in [0, 0.1) is 0 Å². The highest BCUT2D eigenvalue weighted by molar-refractivity contribution is 5.86. The second-order valence-corrected chi connectivity index (χ2v) is 22.1. The van der Waals surface area contributed by atoms with Crippen LogP contribution < -0.4 is 10.5 Å². The van der Waals surface area contributed by atoms with Crippen molar-refractivity contribution < 1.29 is 0 Å². The van der Waals surface area contributed by atoms with Crippen LogP contribution in [0.5, 0.6) is 0 Å². The highest BCUT2D eigenvalue weighted by Gasteiger charge is 2.30. The molecule has 0 unspecified atom stereocenters. The summed E-state index contributed by atoms with van der Waals surface area (Å²) >= 11 is 0. The molecular formula is C61H93N9O. The summed E-state index contributed by atoms with van der Waals surface area (Å²) in [6, 6.07) is 25.3. The molecule has 4 aliphatic rings. The predicted octanol–water partition coefficient (Wildman–Crippen LogP) is 13.4. The molecule has 2 aromatic carbocycles. The molecule has 388 valence electrons. The summed E-state index contributed by atoms with van der Waals surface area (Å²) in [7, 11) is 2.22. The summed E-state index contributed by atoms with van der Waals surface area (Å²) in [6.07, 6.45) is 10.0. The second-order valence-electron chi connectivity index (χ2n) is 22.1. The van der Waals surface area contributed by atoms with Gasteiger partial charge in [0.1, 0.15) is 5.82 Å². The van der Waals surface area contributed by atoms with E-state index in [-0.39, 0.29) is 27.7 Å². The van der Waals surface area contributed by atoms with Crippen molar-refractivity contribution in [3.8, 4) is 0 Å². The Morgan fingerprint density at radius 1 is 0.592 bits per heavy atom. The zero-order valence-electron chi connectivity index (χ0n) is 47.7. The van der Waals surface area contributed by atoms with Gasteiger partial charge < -0.3 is 14.4 Å². The Hall–Kier alpha value is -5.16. The van der Waals surface area contributed by atoms with E-state index in [1.807, 2.05) is 53.8 Å². The molecule has 6 aromatic rings. The van der Waals surface area contributed by atoms with E-state index in [9.17, 15) is 4.79 Å². The van der Waals surface area contributed by atoms with Crippen LogP contribution in [0.25, 0.3) is 28.0 Å². The van der Waals surface area contributed by atoms with Gasteiger partial charge in [-0.05, 0) is 144 Å². The predicted molar refractivity (Wildman–Crippen MR) is 306 cm³/mol. The third-order valence-corrected chi connectivity index (χ3v) is 13.1. The highest BCUT2D eigenvalue weighted by atomic mass is 16.1. The van der Waals surface area contributed by atoms with Crippen LogP contribution in [-0.2, 0) is 44.6 Å². The average Bonchev–Trinajstić information content (AvgIpc) is 3.69. The van der Waals surface area contributed by atoms with Crippen LogP contribution in [0.4, 0.5) is 5.69 Å². The fourth-order valence-corrected chi connectivity index (χ4v) is 9.52. The first-order valence-electron chi connectivity index (χ1n) is 26.7. The smallest absolute Gasteiger partial charge is 0.253 e. The molecule has 4 aliphatic heterocycles. The molecule has 0 atom stereocenters. The van der Waals surface area contributed by atoms with Crippen LogP contribution in [-0.4, -0.2) is 88.6 Å². The standard InChI is InChI=1S/C16H22N2.C15H19N3.C13H17N.C11H17N3O.3C2H6/c1-16(2,3)18-14-8-6-5-7-12(14)13-9-10-17(4)11-15(13)18;1-15(2,3)18-8-6-13-12(10-18)9-11-5-4-7-16-14(11)17-13;1-13(2,3)14-10-6-8-11-7-4-5-9-12(11)14;1-11(2,3)13-6-7-14-9(8-13)12-5-4-10(14)15;3*1-2/h5-8H,9-11H2,1-4H3;4-5,7,9H,6,8,10H2,1-3H3;4-9H,10H2,1-3H3;4-5H,6-8H2,1-3H3;3*1-2H3. The zero-order chi connectivity index (χ0) is 52.9. The summed E-state index contributed by atoms with van der Waals surface area (Å²) < 4.78 is 4.30. The first kappa shape index (κ1) is 58.4. The summed E-state index contributed by atoms with van der Waals surface area (Å²) in [5.74, 6) is 0.878. The van der Waals surface area contributed by atoms with E-state index >= 15 is 0 Å². The highest BCUT2D eigenvalue weighted by Crippen LogP contribution is 2.35. The van der Waals surface area contributed by atoms with E-state index in [4.69, 9.17) is 4.98 Å². The van der Waals surface area contributed by atoms with Crippen molar-refractivity contribution in [1.29, 1.82) is 0 Å². The number of rotatable bonds is 0. The number of hydrogen-bond acceptors (Lipinski definition) is 8. The number of nitrogens with zero attached hydrogens (tertiary/aromatic N) is 9. The molecule has 0 fully saturated rings. The third kappa shape index (κ3) is 15.0. The van der Waals surface area contributed by atoms with E-state index in [1.165, 1.54) is 58.1 Å². The van der Waals surface area contributed by atoms with E-state index in [0.717, 1.165) is 69.1 Å². The second kappa shape index (κ2) is 25.5. The molecule has 8 heterocycles. The van der Waals surface area contributed by atoms with Crippen molar-refractivity contribution in [2.75, 3.05) is 38.1 Å². The van der Waals surface area contributed by atoms with Crippen LogP contribution in [0.15, 0.2) is 96.1 Å². The molecule has 0 N–H and O–H groups in total. The van der Waals surface area contributed by atoms with Gasteiger partial charge in [-0.15, -0.1) is 0 Å². The Labute approximate surface area is 430 Å². The molecule has 4 aromatic heterocycles. The lowest BCUT2D eigenvalue weighted by atomic mass is 9.98. The molecule has 0 aliphatic carbocycles. The van der Waals surface area contributed by atoms with Crippen LogP contribution >= 0.6 is 0 Å². The van der Waals surface area contributed by atoms with Gasteiger partial charge in [0.25, 0.3) is 5.56 Å². The Kier molecular flexibility index (Phi) is 21.0. The Morgan fingerprint density at radius 2 is 1.24 bits per heavy atom. The molecule has 0 bridgehead atoms. The van der Waals surface area contributed by atoms with E-state index in [0.29, 0.717) is 0 Å². The molecule has 0 spiro atoms. The first-order valence-corrected chi connectivity index (χ1v) is 26.7. The van der Waals surface area contributed by atoms with Gasteiger partial charge in [0.05, 0.1) is 6.54 Å². The average molecular weight is 968 g/mol. The van der Waals surface area contributed by atoms with Gasteiger partial charge in [-0.2, -0.15) is 0 Å². The van der Waals surface area contributed by atoms with Gasteiger partial charge in [0.15, 0.2) is 5.65 Å². The van der Waals surface area contributed by atoms with Crippen molar-refractivity contribution in [1.82, 2.24) is 38.8 Å². The Bertz CT molecular complexity index is 2680. The molecule has 71 heavy (non-hydrogen) atoms. The lowest BCUT2D eigenvalue weighted by Crippen LogP contribution is -2.48. The number of likely N-dealkylation sites (N-methyl/N-ethyl adjacent to an activating group) is 1. The van der Waals surface area contributed by atoms with E-state index < -0.39 is 0 Å². The van der Waals surface area contributed by atoms with Crippen molar-refractivity contribution in [2.45, 2.75) is 186 Å². The number of aromatic nitrogens is 5. The van der Waals surface area contributed by atoms with Crippen LogP contribution in [0.1, 0.15) is 159 Å². The van der Waals surface area contributed by atoms with Gasteiger partial charge in [0, 0.05) is 126 Å². The Morgan fingerprint density at radius 3 is 1.90 bits per heavy atom. The van der Waals surface area contributed by atoms with Gasteiger partial charge >= 0.3 is 0 Å². The lowest BCUT2D eigenvalue weighted by Gasteiger charge is -2.39. The first-order chi connectivity index (χ1) is 33.6. The molecule has 0 saturated carbocycles. The van der Waals surface area contributed by atoms with Crippen molar-refractivity contribution in [2.24, 2.45) is 0 Å².